The molecular weight excluding hydrogens is 824 g/mol. The van der Waals surface area contributed by atoms with E-state index in [0.717, 1.165) is 44.9 Å². The van der Waals surface area contributed by atoms with Crippen molar-refractivity contribution in [1.82, 2.24) is 0 Å². The number of aliphatic hydroxyl groups is 4. The van der Waals surface area contributed by atoms with Crippen LogP contribution < -0.4 is 0 Å². The normalized spacial score (nSPS) is 15.7. The molecule has 5 N–H and O–H groups in total. The lowest BCUT2D eigenvalue weighted by Crippen LogP contribution is -2.42. The van der Waals surface area contributed by atoms with Crippen LogP contribution in [-0.4, -0.2) is 88.1 Å². The smallest absolute Gasteiger partial charge is 0.462 e. The Hall–Kier alpha value is -1.89. The molecule has 0 rings (SSSR count). The number of rotatable bonds is 47. The van der Waals surface area contributed by atoms with Gasteiger partial charge in [0, 0.05) is 12.8 Å². The van der Waals surface area contributed by atoms with Crippen molar-refractivity contribution < 1.29 is 59.4 Å². The number of esters is 2. The van der Waals surface area contributed by atoms with Crippen LogP contribution >= 0.6 is 7.82 Å². The molecule has 0 saturated carbocycles. The first-order valence-electron chi connectivity index (χ1n) is 25.6. The van der Waals surface area contributed by atoms with Gasteiger partial charge in [-0.05, 0) is 89.9 Å². The molecule has 370 valence electrons. The molecule has 0 radical (unpaired) electrons. The summed E-state index contributed by atoms with van der Waals surface area (Å²) in [5.41, 5.74) is 0. The van der Waals surface area contributed by atoms with Gasteiger partial charge in [-0.2, -0.15) is 0 Å². The van der Waals surface area contributed by atoms with E-state index in [1.54, 1.807) is 0 Å². The average molecular weight is 918 g/mol. The highest BCUT2D eigenvalue weighted by atomic mass is 31.2. The number of hydrogen-bond donors (Lipinski definition) is 5. The lowest BCUT2D eigenvalue weighted by Gasteiger charge is -2.26. The second kappa shape index (κ2) is 45.3. The van der Waals surface area contributed by atoms with E-state index >= 15 is 0 Å². The number of carbonyl (C=O) groups is 2. The highest BCUT2D eigenvalue weighted by Gasteiger charge is 2.35. The van der Waals surface area contributed by atoms with Crippen molar-refractivity contribution in [3.05, 3.63) is 36.5 Å². The molecule has 0 fully saturated rings. The Morgan fingerprint density at radius 2 is 0.921 bits per heavy atom. The summed E-state index contributed by atoms with van der Waals surface area (Å²) in [6.07, 6.45) is 40.5. The highest BCUT2D eigenvalue weighted by molar-refractivity contribution is 7.47. The summed E-state index contributed by atoms with van der Waals surface area (Å²) in [6.45, 7) is -0.125. The molecule has 12 nitrogen and oxygen atoms in total. The molecule has 0 saturated heterocycles. The van der Waals surface area contributed by atoms with E-state index in [9.17, 15) is 34.4 Å². The Kier molecular flexibility index (Phi) is 42.5. The van der Waals surface area contributed by atoms with Gasteiger partial charge in [-0.15, -0.1) is 0 Å². The summed E-state index contributed by atoms with van der Waals surface area (Å²) in [4.78, 5) is 35.7. The van der Waals surface area contributed by atoms with Gasteiger partial charge in [0.05, 0.1) is 21.2 Å². The Labute approximate surface area is 384 Å². The molecule has 0 amide bonds. The zero-order chi connectivity index (χ0) is 47.4. The Balaban J connectivity index is 4.61. The maximum absolute atomic E-state index is 12.8. The average Bonchev–Trinajstić information content (AvgIpc) is 3.28. The molecule has 2 unspecified atom stereocenters. The fraction of sp³-hybridized carbons (Fsp3) is 0.840. The van der Waals surface area contributed by atoms with E-state index in [0.29, 0.717) is 12.8 Å². The summed E-state index contributed by atoms with van der Waals surface area (Å²) in [5.74, 6) is -1.41. The minimum absolute atomic E-state index is 0.00150. The van der Waals surface area contributed by atoms with Crippen LogP contribution in [0.4, 0.5) is 0 Å². The number of allylic oxidation sites excluding steroid dienone is 6. The molecule has 0 aliphatic rings. The highest BCUT2D eigenvalue weighted by Crippen LogP contribution is 2.45. The zero-order valence-electron chi connectivity index (χ0n) is 40.6. The third-order valence-electron chi connectivity index (χ3n) is 10.9. The predicted molar refractivity (Wildman–Crippen MR) is 254 cm³/mol. The van der Waals surface area contributed by atoms with E-state index in [2.05, 4.69) is 50.3 Å². The molecule has 0 aliphatic heterocycles. The van der Waals surface area contributed by atoms with E-state index in [1.165, 1.54) is 135 Å². The largest absolute Gasteiger partial charge is 0.472 e. The van der Waals surface area contributed by atoms with E-state index in [1.807, 2.05) is 0 Å². The third-order valence-corrected chi connectivity index (χ3v) is 11.9. The maximum Gasteiger partial charge on any atom is 0.472 e. The van der Waals surface area contributed by atoms with Crippen LogP contribution in [0.1, 0.15) is 221 Å². The van der Waals surface area contributed by atoms with Crippen molar-refractivity contribution >= 4 is 19.8 Å². The van der Waals surface area contributed by atoms with Crippen LogP contribution in [0, 0.1) is 0 Å². The van der Waals surface area contributed by atoms with Crippen LogP contribution in [-0.2, 0) is 32.7 Å². The first-order valence-corrected chi connectivity index (χ1v) is 26.5. The van der Waals surface area contributed by atoms with E-state index in [4.69, 9.17) is 25.0 Å². The quantitative estimate of drug-likeness (QED) is 0.0168. The van der Waals surface area contributed by atoms with Crippen LogP contribution in [0.15, 0.2) is 36.5 Å². The van der Waals surface area contributed by atoms with Crippen molar-refractivity contribution in [2.75, 3.05) is 26.4 Å². The topological polar surface area (TPSA) is 189 Å². The lowest BCUT2D eigenvalue weighted by atomic mass is 10.1. The van der Waals surface area contributed by atoms with Gasteiger partial charge in [0.1, 0.15) is 24.9 Å². The Morgan fingerprint density at radius 3 is 1.30 bits per heavy atom. The number of unbranched alkanes of at least 4 members (excludes halogenated alkanes) is 25. The minimum Gasteiger partial charge on any atom is -0.462 e. The van der Waals surface area contributed by atoms with Crippen molar-refractivity contribution in [2.24, 2.45) is 0 Å². The summed E-state index contributed by atoms with van der Waals surface area (Å²) >= 11 is 0. The monoisotopic (exact) mass is 918 g/mol. The van der Waals surface area contributed by atoms with Gasteiger partial charge in [-0.1, -0.05) is 153 Å². The Morgan fingerprint density at radius 1 is 0.556 bits per heavy atom. The first-order chi connectivity index (χ1) is 31.0. The van der Waals surface area contributed by atoms with Gasteiger partial charge >= 0.3 is 19.8 Å². The molecule has 0 aliphatic carbocycles. The Bertz CT molecular complexity index is 1220. The van der Waals surface area contributed by atoms with Gasteiger partial charge in [-0.3, -0.25) is 18.6 Å². The maximum atomic E-state index is 12.8. The van der Waals surface area contributed by atoms with Gasteiger partial charge < -0.3 is 34.8 Å². The number of hydrogen-bond acceptors (Lipinski definition) is 11. The predicted octanol–water partition coefficient (Wildman–Crippen LogP) is 11.8. The summed E-state index contributed by atoms with van der Waals surface area (Å²) < 4.78 is 41.5. The van der Waals surface area contributed by atoms with Gasteiger partial charge in [-0.25, -0.2) is 4.57 Å². The van der Waals surface area contributed by atoms with Crippen molar-refractivity contribution in [3.8, 4) is 0 Å². The van der Waals surface area contributed by atoms with E-state index < -0.39 is 70.6 Å². The zero-order valence-corrected chi connectivity index (χ0v) is 40.5. The second-order valence-corrected chi connectivity index (χ2v) is 18.3. The van der Waals surface area contributed by atoms with Gasteiger partial charge in [0.2, 0.25) is 0 Å². The van der Waals surface area contributed by atoms with E-state index in [-0.39, 0.29) is 12.8 Å². The van der Waals surface area contributed by atoms with Crippen molar-refractivity contribution in [2.45, 2.75) is 244 Å². The molecule has 0 spiro atoms. The van der Waals surface area contributed by atoms with Gasteiger partial charge in [0.25, 0.3) is 0 Å². The number of carbonyl (C=O) groups excluding carboxylic acids is 2. The molecule has 0 aromatic carbocycles. The van der Waals surface area contributed by atoms with Crippen molar-refractivity contribution in [1.29, 1.82) is 0 Å². The molecular formula is C50H93O12P. The molecule has 0 aromatic rings. The lowest BCUT2D eigenvalue weighted by molar-refractivity contribution is -0.161. The first kappa shape index (κ1) is 59.1. The third kappa shape index (κ3) is 41.3. The summed E-state index contributed by atoms with van der Waals surface area (Å²) in [5, 5.41) is 38.3. The molecule has 0 heterocycles. The summed E-state index contributed by atoms with van der Waals surface area (Å²) in [6, 6.07) is 0. The molecule has 0 aromatic heterocycles. The number of ether oxygens (including phenoxy) is 2. The van der Waals surface area contributed by atoms with Crippen LogP contribution in [0.5, 0.6) is 0 Å². The number of phosphoric acid groups is 1. The molecule has 6 atom stereocenters. The van der Waals surface area contributed by atoms with Gasteiger partial charge in [0.15, 0.2) is 6.10 Å². The molecule has 13 heteroatoms. The molecule has 63 heavy (non-hydrogen) atoms. The number of aliphatic hydroxyl groups excluding tert-OH is 4. The standard InChI is InChI=1S/C50H93O12P/c1-3-5-7-9-11-13-15-17-18-19-20-21-22-23-24-25-26-28-30-32-34-36-38-40-49(55)61-45(44-60-63(57,58)62-47(42-52)50(56)46(53)41-51)43-59-48(54)39-37-35-33-31-29-27-16-14-12-10-8-6-4-2/h15,17,29-32,45-47,50-53,56H,3-14,16,18-28,33-44H2,1-2H3,(H,57,58)/b17-15-,31-29-,32-30-/t45-,46-,47-,50+/m1/s1/i43D/t43?,45-,46-,47-,50+. The minimum atomic E-state index is -5.09. The van der Waals surface area contributed by atoms with Crippen molar-refractivity contribution in [3.63, 3.8) is 0 Å². The molecule has 0 bridgehead atoms. The summed E-state index contributed by atoms with van der Waals surface area (Å²) in [7, 11) is -5.09. The van der Waals surface area contributed by atoms with Crippen LogP contribution in [0.2, 0.25) is 0 Å². The van der Waals surface area contributed by atoms with Crippen LogP contribution in [0.25, 0.3) is 0 Å². The van der Waals surface area contributed by atoms with Crippen LogP contribution in [0.3, 0.4) is 0 Å². The fourth-order valence-corrected chi connectivity index (χ4v) is 7.84. The second-order valence-electron chi connectivity index (χ2n) is 16.9. The number of phosphoric ester groups is 1. The SMILES string of the molecule is [2H]C(OC(=O)CCCC/C=C\CCCCCCCCC)[C@H](COP(=O)(O)O[C@H](CO)[C@@H](O)[C@H](O)CO)OC(=O)CCCC/C=C\CCCCCCCCCC/C=C\CCCCCCC. The fourth-order valence-electron chi connectivity index (χ4n) is 6.91.